The number of hydrogen-bond donors (Lipinski definition) is 1. The summed E-state index contributed by atoms with van der Waals surface area (Å²) in [5, 5.41) is 6.85. The maximum absolute atomic E-state index is 5.55. The largest absolute Gasteiger partial charge is 0.381 e. The standard InChI is InChI=1S/C16H29N3OS/c1-16(2,3)17-8-15-18-14(12-21-15)10-19(4)9-13-6-5-7-20-11-13/h12-13,17H,5-11H2,1-4H3. The van der Waals surface area contributed by atoms with Crippen molar-refractivity contribution in [3.63, 3.8) is 0 Å². The van der Waals surface area contributed by atoms with Crippen molar-refractivity contribution in [3.8, 4) is 0 Å². The Bertz CT molecular complexity index is 421. The maximum atomic E-state index is 5.55. The Balaban J connectivity index is 1.75. The van der Waals surface area contributed by atoms with Crippen LogP contribution in [0.3, 0.4) is 0 Å². The molecule has 1 aromatic rings. The van der Waals surface area contributed by atoms with Gasteiger partial charge in [-0.2, -0.15) is 0 Å². The van der Waals surface area contributed by atoms with E-state index in [0.717, 1.165) is 32.8 Å². The Kier molecular flexibility index (Phi) is 6.17. The van der Waals surface area contributed by atoms with Crippen LogP contribution in [0, 0.1) is 5.92 Å². The lowest BCUT2D eigenvalue weighted by Crippen LogP contribution is -2.35. The summed E-state index contributed by atoms with van der Waals surface area (Å²) < 4.78 is 5.55. The van der Waals surface area contributed by atoms with Crippen LogP contribution in [0.25, 0.3) is 0 Å². The molecule has 1 aliphatic rings. The Morgan fingerprint density at radius 3 is 2.95 bits per heavy atom. The smallest absolute Gasteiger partial charge is 0.107 e. The zero-order valence-electron chi connectivity index (χ0n) is 13.8. The van der Waals surface area contributed by atoms with Crippen molar-refractivity contribution >= 4 is 11.3 Å². The third-order valence-corrected chi connectivity index (χ3v) is 4.52. The summed E-state index contributed by atoms with van der Waals surface area (Å²) in [7, 11) is 2.18. The number of ether oxygens (including phenoxy) is 1. The molecule has 1 aromatic heterocycles. The summed E-state index contributed by atoms with van der Waals surface area (Å²) in [4.78, 5) is 7.10. The molecule has 1 aliphatic heterocycles. The van der Waals surface area contributed by atoms with Gasteiger partial charge < -0.3 is 15.0 Å². The third-order valence-electron chi connectivity index (χ3n) is 3.63. The fraction of sp³-hybridized carbons (Fsp3) is 0.812. The first-order valence-corrected chi connectivity index (χ1v) is 8.75. The molecule has 0 aromatic carbocycles. The van der Waals surface area contributed by atoms with Crippen LogP contribution in [0.15, 0.2) is 5.38 Å². The highest BCUT2D eigenvalue weighted by molar-refractivity contribution is 7.09. The number of hydrogen-bond acceptors (Lipinski definition) is 5. The molecule has 0 bridgehead atoms. The number of nitrogens with zero attached hydrogens (tertiary/aromatic N) is 2. The average molecular weight is 311 g/mol. The van der Waals surface area contributed by atoms with Crippen molar-refractivity contribution in [2.75, 3.05) is 26.8 Å². The fourth-order valence-electron chi connectivity index (χ4n) is 2.58. The molecule has 0 aliphatic carbocycles. The molecule has 1 unspecified atom stereocenters. The number of rotatable bonds is 6. The van der Waals surface area contributed by atoms with Gasteiger partial charge in [0.25, 0.3) is 0 Å². The van der Waals surface area contributed by atoms with E-state index in [2.05, 4.69) is 43.4 Å². The van der Waals surface area contributed by atoms with Crippen molar-refractivity contribution < 1.29 is 4.74 Å². The summed E-state index contributed by atoms with van der Waals surface area (Å²) in [6.07, 6.45) is 2.50. The first-order chi connectivity index (χ1) is 9.92. The molecule has 2 heterocycles. The molecule has 21 heavy (non-hydrogen) atoms. The predicted octanol–water partition coefficient (Wildman–Crippen LogP) is 2.89. The number of aromatic nitrogens is 1. The summed E-state index contributed by atoms with van der Waals surface area (Å²) in [5.74, 6) is 0.685. The van der Waals surface area contributed by atoms with Gasteiger partial charge in [0.1, 0.15) is 5.01 Å². The van der Waals surface area contributed by atoms with Gasteiger partial charge in [-0.3, -0.25) is 0 Å². The van der Waals surface area contributed by atoms with Crippen LogP contribution in [-0.2, 0) is 17.8 Å². The summed E-state index contributed by atoms with van der Waals surface area (Å²) in [6.45, 7) is 11.3. The van der Waals surface area contributed by atoms with Gasteiger partial charge in [0.2, 0.25) is 0 Å². The van der Waals surface area contributed by atoms with Crippen molar-refractivity contribution in [2.45, 2.75) is 52.2 Å². The van der Waals surface area contributed by atoms with Crippen LogP contribution in [0.4, 0.5) is 0 Å². The molecule has 0 radical (unpaired) electrons. The minimum Gasteiger partial charge on any atom is -0.381 e. The average Bonchev–Trinajstić information content (AvgIpc) is 2.84. The third kappa shape index (κ3) is 6.43. The van der Waals surface area contributed by atoms with E-state index in [-0.39, 0.29) is 5.54 Å². The fourth-order valence-corrected chi connectivity index (χ4v) is 3.30. The molecule has 5 heteroatoms. The van der Waals surface area contributed by atoms with E-state index in [1.165, 1.54) is 23.5 Å². The van der Waals surface area contributed by atoms with Gasteiger partial charge in [-0.1, -0.05) is 0 Å². The Hall–Kier alpha value is -0.490. The van der Waals surface area contributed by atoms with Gasteiger partial charge in [0.05, 0.1) is 12.3 Å². The van der Waals surface area contributed by atoms with Gasteiger partial charge >= 0.3 is 0 Å². The Morgan fingerprint density at radius 2 is 2.29 bits per heavy atom. The van der Waals surface area contributed by atoms with E-state index in [4.69, 9.17) is 9.72 Å². The predicted molar refractivity (Wildman–Crippen MR) is 88.6 cm³/mol. The summed E-state index contributed by atoms with van der Waals surface area (Å²) >= 11 is 1.75. The monoisotopic (exact) mass is 311 g/mol. The summed E-state index contributed by atoms with van der Waals surface area (Å²) in [5.41, 5.74) is 1.33. The molecule has 120 valence electrons. The zero-order chi connectivity index (χ0) is 15.3. The van der Waals surface area contributed by atoms with Crippen LogP contribution in [0.2, 0.25) is 0 Å². The van der Waals surface area contributed by atoms with Crippen molar-refractivity contribution in [2.24, 2.45) is 5.92 Å². The van der Waals surface area contributed by atoms with Gasteiger partial charge in [-0.25, -0.2) is 4.98 Å². The van der Waals surface area contributed by atoms with Crippen LogP contribution in [-0.4, -0.2) is 42.2 Å². The second-order valence-electron chi connectivity index (χ2n) is 7.12. The van der Waals surface area contributed by atoms with Gasteiger partial charge in [0.15, 0.2) is 0 Å². The van der Waals surface area contributed by atoms with E-state index in [1.54, 1.807) is 11.3 Å². The SMILES string of the molecule is CN(Cc1csc(CNC(C)(C)C)n1)CC1CCCOC1. The molecule has 2 rings (SSSR count). The molecule has 4 nitrogen and oxygen atoms in total. The zero-order valence-corrected chi connectivity index (χ0v) is 14.6. The minimum atomic E-state index is 0.142. The highest BCUT2D eigenvalue weighted by atomic mass is 32.1. The van der Waals surface area contributed by atoms with Crippen LogP contribution in [0.5, 0.6) is 0 Å². The van der Waals surface area contributed by atoms with E-state index in [1.807, 2.05) is 0 Å². The number of thiazole rings is 1. The highest BCUT2D eigenvalue weighted by Crippen LogP contribution is 2.17. The first-order valence-electron chi connectivity index (χ1n) is 7.87. The van der Waals surface area contributed by atoms with E-state index in [0.29, 0.717) is 5.92 Å². The molecule has 0 spiro atoms. The van der Waals surface area contributed by atoms with E-state index >= 15 is 0 Å². The van der Waals surface area contributed by atoms with Crippen molar-refractivity contribution in [1.82, 2.24) is 15.2 Å². The lowest BCUT2D eigenvalue weighted by molar-refractivity contribution is 0.0410. The van der Waals surface area contributed by atoms with Crippen LogP contribution >= 0.6 is 11.3 Å². The minimum absolute atomic E-state index is 0.142. The van der Waals surface area contributed by atoms with Gasteiger partial charge in [-0.05, 0) is 46.6 Å². The second-order valence-corrected chi connectivity index (χ2v) is 8.06. The van der Waals surface area contributed by atoms with Crippen LogP contribution < -0.4 is 5.32 Å². The Morgan fingerprint density at radius 1 is 1.48 bits per heavy atom. The Labute approximate surface area is 132 Å². The second kappa shape index (κ2) is 7.68. The quantitative estimate of drug-likeness (QED) is 0.876. The molecule has 1 fully saturated rings. The summed E-state index contributed by atoms with van der Waals surface area (Å²) in [6, 6.07) is 0. The van der Waals surface area contributed by atoms with Crippen molar-refractivity contribution in [3.05, 3.63) is 16.1 Å². The lowest BCUT2D eigenvalue weighted by atomic mass is 10.0. The topological polar surface area (TPSA) is 37.4 Å². The van der Waals surface area contributed by atoms with Crippen LogP contribution in [0.1, 0.15) is 44.3 Å². The van der Waals surface area contributed by atoms with Crippen molar-refractivity contribution in [1.29, 1.82) is 0 Å². The molecule has 1 N–H and O–H groups in total. The highest BCUT2D eigenvalue weighted by Gasteiger charge is 2.16. The van der Waals surface area contributed by atoms with Gasteiger partial charge in [0, 0.05) is 37.2 Å². The molecule has 1 saturated heterocycles. The molecule has 1 atom stereocenters. The molecular formula is C16H29N3OS. The molecule has 0 amide bonds. The van der Waals surface area contributed by atoms with Gasteiger partial charge in [-0.15, -0.1) is 11.3 Å². The molecule has 0 saturated carbocycles. The van der Waals surface area contributed by atoms with E-state index < -0.39 is 0 Å². The maximum Gasteiger partial charge on any atom is 0.107 e. The van der Waals surface area contributed by atoms with E-state index in [9.17, 15) is 0 Å². The number of nitrogens with one attached hydrogen (secondary N) is 1. The first kappa shape index (κ1) is 16.9. The molecular weight excluding hydrogens is 282 g/mol. The normalized spacial score (nSPS) is 20.1. The lowest BCUT2D eigenvalue weighted by Gasteiger charge is -2.26.